The van der Waals surface area contributed by atoms with Gasteiger partial charge in [0.2, 0.25) is 0 Å². The highest BCUT2D eigenvalue weighted by atomic mass is 16.5. The van der Waals surface area contributed by atoms with Crippen molar-refractivity contribution in [3.8, 4) is 0 Å². The van der Waals surface area contributed by atoms with Gasteiger partial charge in [-0.2, -0.15) is 0 Å². The van der Waals surface area contributed by atoms with E-state index in [0.29, 0.717) is 19.6 Å². The minimum absolute atomic E-state index is 0.0886. The van der Waals surface area contributed by atoms with E-state index in [4.69, 9.17) is 10.2 Å². The van der Waals surface area contributed by atoms with Gasteiger partial charge in [0.15, 0.2) is 0 Å². The Kier molecular flexibility index (Phi) is 4.45. The molecule has 1 heterocycles. The Labute approximate surface area is 76.6 Å². The van der Waals surface area contributed by atoms with Crippen molar-refractivity contribution in [3.63, 3.8) is 0 Å². The number of hydrogen-bond acceptors (Lipinski definition) is 5. The summed E-state index contributed by atoms with van der Waals surface area (Å²) in [5, 5.41) is 21.0. The third kappa shape index (κ3) is 3.54. The molecule has 0 bridgehead atoms. The molecule has 0 aromatic carbocycles. The molecule has 0 saturated carbocycles. The molecule has 5 nitrogen and oxygen atoms in total. The molecule has 1 aromatic rings. The predicted molar refractivity (Wildman–Crippen MR) is 46.0 cm³/mol. The van der Waals surface area contributed by atoms with E-state index >= 15 is 0 Å². The lowest BCUT2D eigenvalue weighted by molar-refractivity contribution is 0.155. The van der Waals surface area contributed by atoms with Gasteiger partial charge in [0, 0.05) is 25.2 Å². The molecule has 0 fully saturated rings. The first-order chi connectivity index (χ1) is 6.36. The zero-order chi connectivity index (χ0) is 9.52. The Morgan fingerprint density at radius 3 is 2.46 bits per heavy atom. The first kappa shape index (κ1) is 10.2. The fourth-order valence-electron chi connectivity index (χ4n) is 1.12. The molecule has 5 heteroatoms. The SMILES string of the molecule is OCCN(CCO)Cc1cnoc1. The van der Waals surface area contributed by atoms with Gasteiger partial charge in [-0.15, -0.1) is 0 Å². The highest BCUT2D eigenvalue weighted by molar-refractivity contribution is 4.99. The minimum Gasteiger partial charge on any atom is -0.395 e. The third-order valence-electron chi connectivity index (χ3n) is 1.72. The standard InChI is InChI=1S/C8H14N2O3/c11-3-1-10(2-4-12)6-8-5-9-13-7-8/h5,7,11-12H,1-4,6H2. The van der Waals surface area contributed by atoms with E-state index in [1.165, 1.54) is 0 Å². The summed E-state index contributed by atoms with van der Waals surface area (Å²) in [5.41, 5.74) is 0.946. The second-order valence-electron chi connectivity index (χ2n) is 2.76. The summed E-state index contributed by atoms with van der Waals surface area (Å²) < 4.78 is 4.67. The fourth-order valence-corrected chi connectivity index (χ4v) is 1.12. The molecule has 0 aliphatic carbocycles. The molecule has 0 spiro atoms. The van der Waals surface area contributed by atoms with Crippen molar-refractivity contribution in [2.75, 3.05) is 26.3 Å². The molecular formula is C8H14N2O3. The van der Waals surface area contributed by atoms with Crippen LogP contribution in [0, 0.1) is 0 Å². The van der Waals surface area contributed by atoms with Crippen LogP contribution in [0.15, 0.2) is 17.0 Å². The summed E-state index contributed by atoms with van der Waals surface area (Å²) in [4.78, 5) is 1.92. The van der Waals surface area contributed by atoms with Crippen LogP contribution in [0.3, 0.4) is 0 Å². The molecule has 0 aliphatic rings. The predicted octanol–water partition coefficient (Wildman–Crippen LogP) is -0.539. The Morgan fingerprint density at radius 1 is 1.31 bits per heavy atom. The largest absolute Gasteiger partial charge is 0.395 e. The summed E-state index contributed by atoms with van der Waals surface area (Å²) in [6.07, 6.45) is 3.18. The van der Waals surface area contributed by atoms with E-state index in [1.54, 1.807) is 12.5 Å². The number of rotatable bonds is 6. The molecule has 0 radical (unpaired) electrons. The number of nitrogens with zero attached hydrogens (tertiary/aromatic N) is 2. The van der Waals surface area contributed by atoms with Gasteiger partial charge in [-0.05, 0) is 0 Å². The third-order valence-corrected chi connectivity index (χ3v) is 1.72. The lowest BCUT2D eigenvalue weighted by Crippen LogP contribution is -2.29. The van der Waals surface area contributed by atoms with Crippen molar-refractivity contribution in [2.45, 2.75) is 6.54 Å². The molecule has 0 saturated heterocycles. The molecular weight excluding hydrogens is 172 g/mol. The second kappa shape index (κ2) is 5.69. The van der Waals surface area contributed by atoms with Gasteiger partial charge in [-0.1, -0.05) is 5.16 Å². The monoisotopic (exact) mass is 186 g/mol. The molecule has 13 heavy (non-hydrogen) atoms. The number of aliphatic hydroxyl groups excluding tert-OH is 2. The van der Waals surface area contributed by atoms with Gasteiger partial charge in [-0.3, -0.25) is 4.90 Å². The molecule has 0 aliphatic heterocycles. The average Bonchev–Trinajstić information content (AvgIpc) is 2.58. The Balaban J connectivity index is 2.37. The van der Waals surface area contributed by atoms with Crippen LogP contribution in [0.4, 0.5) is 0 Å². The molecule has 0 atom stereocenters. The maximum atomic E-state index is 8.73. The van der Waals surface area contributed by atoms with Crippen LogP contribution in [0.1, 0.15) is 5.56 Å². The van der Waals surface area contributed by atoms with Gasteiger partial charge in [0.1, 0.15) is 6.26 Å². The highest BCUT2D eigenvalue weighted by Gasteiger charge is 2.05. The van der Waals surface area contributed by atoms with Crippen LogP contribution in [-0.4, -0.2) is 46.6 Å². The van der Waals surface area contributed by atoms with Crippen LogP contribution < -0.4 is 0 Å². The molecule has 2 N–H and O–H groups in total. The van der Waals surface area contributed by atoms with Crippen molar-refractivity contribution in [1.82, 2.24) is 10.1 Å². The van der Waals surface area contributed by atoms with Gasteiger partial charge in [-0.25, -0.2) is 0 Å². The quantitative estimate of drug-likeness (QED) is 0.624. The van der Waals surface area contributed by atoms with Crippen LogP contribution in [-0.2, 0) is 6.54 Å². The maximum absolute atomic E-state index is 8.73. The summed E-state index contributed by atoms with van der Waals surface area (Å²) in [7, 11) is 0. The van der Waals surface area contributed by atoms with E-state index in [2.05, 4.69) is 9.68 Å². The van der Waals surface area contributed by atoms with Crippen molar-refractivity contribution in [2.24, 2.45) is 0 Å². The van der Waals surface area contributed by atoms with Crippen LogP contribution in [0.5, 0.6) is 0 Å². The van der Waals surface area contributed by atoms with Crippen LogP contribution in [0.25, 0.3) is 0 Å². The van der Waals surface area contributed by atoms with E-state index in [-0.39, 0.29) is 13.2 Å². The molecule has 0 amide bonds. The van der Waals surface area contributed by atoms with Gasteiger partial charge in [0.25, 0.3) is 0 Å². The zero-order valence-electron chi connectivity index (χ0n) is 7.39. The summed E-state index contributed by atoms with van der Waals surface area (Å²) in [6.45, 7) is 1.92. The van der Waals surface area contributed by atoms with E-state index in [9.17, 15) is 0 Å². The summed E-state index contributed by atoms with van der Waals surface area (Å²) in [6, 6.07) is 0. The van der Waals surface area contributed by atoms with Gasteiger partial charge >= 0.3 is 0 Å². The summed E-state index contributed by atoms with van der Waals surface area (Å²) >= 11 is 0. The Morgan fingerprint density at radius 2 is 2.00 bits per heavy atom. The summed E-state index contributed by atoms with van der Waals surface area (Å²) in [5.74, 6) is 0. The maximum Gasteiger partial charge on any atom is 0.128 e. The number of hydrogen-bond donors (Lipinski definition) is 2. The fraction of sp³-hybridized carbons (Fsp3) is 0.625. The normalized spacial score (nSPS) is 11.0. The highest BCUT2D eigenvalue weighted by Crippen LogP contribution is 2.02. The zero-order valence-corrected chi connectivity index (χ0v) is 7.39. The Bertz CT molecular complexity index is 207. The van der Waals surface area contributed by atoms with Crippen molar-refractivity contribution in [1.29, 1.82) is 0 Å². The lowest BCUT2D eigenvalue weighted by Gasteiger charge is -2.18. The van der Waals surface area contributed by atoms with Gasteiger partial charge in [0.05, 0.1) is 19.4 Å². The topological polar surface area (TPSA) is 69.7 Å². The minimum atomic E-state index is 0.0886. The van der Waals surface area contributed by atoms with E-state index in [1.807, 2.05) is 4.90 Å². The van der Waals surface area contributed by atoms with Crippen molar-refractivity contribution < 1.29 is 14.7 Å². The first-order valence-corrected chi connectivity index (χ1v) is 4.19. The Hall–Kier alpha value is -0.910. The van der Waals surface area contributed by atoms with Gasteiger partial charge < -0.3 is 14.7 Å². The number of aromatic nitrogens is 1. The molecule has 0 unspecified atom stereocenters. The smallest absolute Gasteiger partial charge is 0.128 e. The lowest BCUT2D eigenvalue weighted by atomic mass is 10.3. The van der Waals surface area contributed by atoms with Crippen LogP contribution in [0.2, 0.25) is 0 Å². The van der Waals surface area contributed by atoms with Crippen molar-refractivity contribution >= 4 is 0 Å². The van der Waals surface area contributed by atoms with Crippen LogP contribution >= 0.6 is 0 Å². The molecule has 74 valence electrons. The van der Waals surface area contributed by atoms with E-state index < -0.39 is 0 Å². The number of aliphatic hydroxyl groups is 2. The van der Waals surface area contributed by atoms with Crippen molar-refractivity contribution in [3.05, 3.63) is 18.0 Å². The van der Waals surface area contributed by atoms with E-state index in [0.717, 1.165) is 5.56 Å². The molecule has 1 rings (SSSR count). The average molecular weight is 186 g/mol. The molecule has 1 aromatic heterocycles. The second-order valence-corrected chi connectivity index (χ2v) is 2.76. The first-order valence-electron chi connectivity index (χ1n) is 4.19.